The molecule has 0 atom stereocenters. The normalized spacial score (nSPS) is 16.8. The molecule has 0 bridgehead atoms. The van der Waals surface area contributed by atoms with Crippen LogP contribution in [0.3, 0.4) is 0 Å². The molecule has 0 saturated carbocycles. The summed E-state index contributed by atoms with van der Waals surface area (Å²) in [5.74, 6) is 1.83. The minimum Gasteiger partial charge on any atom is -0.381 e. The maximum atomic E-state index is 5.67. The fourth-order valence-electron chi connectivity index (χ4n) is 1.86. The van der Waals surface area contributed by atoms with Gasteiger partial charge >= 0.3 is 0 Å². The van der Waals surface area contributed by atoms with Crippen LogP contribution in [0.4, 0.5) is 17.6 Å². The van der Waals surface area contributed by atoms with Gasteiger partial charge in [-0.2, -0.15) is 9.97 Å². The zero-order valence-electron chi connectivity index (χ0n) is 10.1. The Morgan fingerprint density at radius 3 is 2.76 bits per heavy atom. The first-order chi connectivity index (χ1) is 8.28. The highest BCUT2D eigenvalue weighted by molar-refractivity contribution is 5.51. The van der Waals surface area contributed by atoms with Crippen molar-refractivity contribution in [3.8, 4) is 0 Å². The topological polar surface area (TPSA) is 85.1 Å². The zero-order chi connectivity index (χ0) is 12.1. The van der Waals surface area contributed by atoms with Crippen molar-refractivity contribution in [1.29, 1.82) is 0 Å². The summed E-state index contributed by atoms with van der Waals surface area (Å²) in [5, 5.41) is 6.50. The van der Waals surface area contributed by atoms with Crippen LogP contribution >= 0.6 is 0 Å². The van der Waals surface area contributed by atoms with Gasteiger partial charge in [0.15, 0.2) is 0 Å². The molecule has 17 heavy (non-hydrogen) atoms. The van der Waals surface area contributed by atoms with E-state index in [-0.39, 0.29) is 5.95 Å². The maximum absolute atomic E-state index is 5.67. The number of ether oxygens (including phenoxy) is 1. The molecule has 1 aromatic rings. The Hall–Kier alpha value is -1.56. The van der Waals surface area contributed by atoms with Crippen LogP contribution in [0.25, 0.3) is 0 Å². The summed E-state index contributed by atoms with van der Waals surface area (Å²) >= 11 is 0. The highest BCUT2D eigenvalue weighted by Crippen LogP contribution is 2.16. The first-order valence-electron chi connectivity index (χ1n) is 6.00. The Balaban J connectivity index is 2.03. The average molecular weight is 237 g/mol. The molecule has 0 amide bonds. The quantitative estimate of drug-likeness (QED) is 0.726. The number of rotatable bonds is 4. The molecule has 0 radical (unpaired) electrons. The van der Waals surface area contributed by atoms with E-state index in [1.165, 1.54) is 0 Å². The van der Waals surface area contributed by atoms with E-state index < -0.39 is 0 Å². The number of hydrogen-bond acceptors (Lipinski definition) is 6. The van der Waals surface area contributed by atoms with Crippen molar-refractivity contribution < 1.29 is 4.74 Å². The van der Waals surface area contributed by atoms with Crippen molar-refractivity contribution in [2.75, 3.05) is 36.1 Å². The molecule has 1 aliphatic heterocycles. The van der Waals surface area contributed by atoms with Crippen LogP contribution in [0, 0.1) is 0 Å². The molecule has 0 spiro atoms. The largest absolute Gasteiger partial charge is 0.381 e. The van der Waals surface area contributed by atoms with Crippen LogP contribution < -0.4 is 16.4 Å². The van der Waals surface area contributed by atoms with E-state index in [1.807, 2.05) is 13.0 Å². The van der Waals surface area contributed by atoms with E-state index >= 15 is 0 Å². The minimum atomic E-state index is 0.290. The van der Waals surface area contributed by atoms with Crippen LogP contribution in [0.5, 0.6) is 0 Å². The van der Waals surface area contributed by atoms with Crippen LogP contribution in [-0.4, -0.2) is 35.8 Å². The van der Waals surface area contributed by atoms with Crippen molar-refractivity contribution in [1.82, 2.24) is 9.97 Å². The number of hydrogen-bond donors (Lipinski definition) is 3. The van der Waals surface area contributed by atoms with Gasteiger partial charge in [0.2, 0.25) is 5.95 Å². The molecule has 1 aromatic heterocycles. The molecule has 0 unspecified atom stereocenters. The van der Waals surface area contributed by atoms with Crippen molar-refractivity contribution in [2.24, 2.45) is 0 Å². The molecule has 2 rings (SSSR count). The lowest BCUT2D eigenvalue weighted by atomic mass is 10.1. The molecule has 1 saturated heterocycles. The van der Waals surface area contributed by atoms with E-state index in [0.29, 0.717) is 6.04 Å². The fraction of sp³-hybridized carbons (Fsp3) is 0.636. The molecule has 6 heteroatoms. The first kappa shape index (κ1) is 11.9. The molecule has 4 N–H and O–H groups in total. The van der Waals surface area contributed by atoms with Crippen molar-refractivity contribution in [3.63, 3.8) is 0 Å². The van der Waals surface area contributed by atoms with Crippen molar-refractivity contribution >= 4 is 17.6 Å². The monoisotopic (exact) mass is 237 g/mol. The summed E-state index contributed by atoms with van der Waals surface area (Å²) in [4.78, 5) is 8.29. The predicted octanol–water partition coefficient (Wildman–Crippen LogP) is 1.08. The number of anilines is 3. The molecular weight excluding hydrogens is 218 g/mol. The standard InChI is InChI=1S/C11H19N5O/c1-2-13-9-7-10(16-11(12)15-9)14-8-3-5-17-6-4-8/h7-8H,2-6H2,1H3,(H4,12,13,14,15,16). The SMILES string of the molecule is CCNc1cc(NC2CCOCC2)nc(N)n1. The molecule has 1 aliphatic rings. The summed E-state index contributed by atoms with van der Waals surface area (Å²) in [6.07, 6.45) is 2.00. The van der Waals surface area contributed by atoms with Gasteiger partial charge in [-0.3, -0.25) is 0 Å². The summed E-state index contributed by atoms with van der Waals surface area (Å²) in [5.41, 5.74) is 5.67. The lowest BCUT2D eigenvalue weighted by Gasteiger charge is -2.23. The smallest absolute Gasteiger partial charge is 0.223 e. The van der Waals surface area contributed by atoms with Gasteiger partial charge in [-0.05, 0) is 19.8 Å². The summed E-state index contributed by atoms with van der Waals surface area (Å²) in [6, 6.07) is 2.29. The maximum Gasteiger partial charge on any atom is 0.223 e. The van der Waals surface area contributed by atoms with E-state index in [1.54, 1.807) is 0 Å². The van der Waals surface area contributed by atoms with Gasteiger partial charge in [-0.1, -0.05) is 0 Å². The molecule has 6 nitrogen and oxygen atoms in total. The molecule has 0 aliphatic carbocycles. The first-order valence-corrected chi connectivity index (χ1v) is 6.00. The van der Waals surface area contributed by atoms with Gasteiger partial charge in [-0.15, -0.1) is 0 Å². The second kappa shape index (κ2) is 5.67. The lowest BCUT2D eigenvalue weighted by Crippen LogP contribution is -2.28. The van der Waals surface area contributed by atoms with E-state index in [9.17, 15) is 0 Å². The Kier molecular flexibility index (Phi) is 3.98. The van der Waals surface area contributed by atoms with Gasteiger partial charge in [0.25, 0.3) is 0 Å². The summed E-state index contributed by atoms with van der Waals surface area (Å²) in [7, 11) is 0. The number of aromatic nitrogens is 2. The third-order valence-electron chi connectivity index (χ3n) is 2.67. The van der Waals surface area contributed by atoms with Crippen LogP contribution in [-0.2, 0) is 4.74 Å². The molecular formula is C11H19N5O. The van der Waals surface area contributed by atoms with Gasteiger partial charge < -0.3 is 21.1 Å². The van der Waals surface area contributed by atoms with Crippen molar-refractivity contribution in [2.45, 2.75) is 25.8 Å². The Bertz CT molecular complexity index is 365. The van der Waals surface area contributed by atoms with E-state index in [2.05, 4.69) is 20.6 Å². The van der Waals surface area contributed by atoms with Crippen LogP contribution in [0.1, 0.15) is 19.8 Å². The molecule has 0 aromatic carbocycles. The number of nitrogens with two attached hydrogens (primary N) is 1. The number of nitrogens with zero attached hydrogens (tertiary/aromatic N) is 2. The van der Waals surface area contributed by atoms with Gasteiger partial charge in [0, 0.05) is 31.9 Å². The van der Waals surface area contributed by atoms with Crippen LogP contribution in [0.15, 0.2) is 6.07 Å². The molecule has 1 fully saturated rings. The van der Waals surface area contributed by atoms with Gasteiger partial charge in [0.05, 0.1) is 0 Å². The molecule has 2 heterocycles. The van der Waals surface area contributed by atoms with Crippen LogP contribution in [0.2, 0.25) is 0 Å². The molecule has 94 valence electrons. The number of nitrogen functional groups attached to an aromatic ring is 1. The van der Waals surface area contributed by atoms with Gasteiger partial charge in [-0.25, -0.2) is 0 Å². The van der Waals surface area contributed by atoms with Crippen molar-refractivity contribution in [3.05, 3.63) is 6.07 Å². The summed E-state index contributed by atoms with van der Waals surface area (Å²) in [6.45, 7) is 4.44. The highest BCUT2D eigenvalue weighted by atomic mass is 16.5. The Morgan fingerprint density at radius 1 is 1.35 bits per heavy atom. The van der Waals surface area contributed by atoms with Gasteiger partial charge in [0.1, 0.15) is 11.6 Å². The van der Waals surface area contributed by atoms with E-state index in [4.69, 9.17) is 10.5 Å². The van der Waals surface area contributed by atoms with E-state index in [0.717, 1.165) is 44.2 Å². The Labute approximate surface area is 101 Å². The average Bonchev–Trinajstić information content (AvgIpc) is 2.30. The second-order valence-electron chi connectivity index (χ2n) is 4.06. The minimum absolute atomic E-state index is 0.290. The lowest BCUT2D eigenvalue weighted by molar-refractivity contribution is 0.0904. The third kappa shape index (κ3) is 3.45. The second-order valence-corrected chi connectivity index (χ2v) is 4.06. The number of nitrogens with one attached hydrogen (secondary N) is 2. The highest BCUT2D eigenvalue weighted by Gasteiger charge is 2.14. The Morgan fingerprint density at radius 2 is 2.06 bits per heavy atom. The zero-order valence-corrected chi connectivity index (χ0v) is 10.1. The third-order valence-corrected chi connectivity index (χ3v) is 2.67. The fourth-order valence-corrected chi connectivity index (χ4v) is 1.86. The summed E-state index contributed by atoms with van der Waals surface area (Å²) < 4.78 is 5.31. The predicted molar refractivity (Wildman–Crippen MR) is 68.1 cm³/mol.